The van der Waals surface area contributed by atoms with Crippen LogP contribution in [0.25, 0.3) is 0 Å². The van der Waals surface area contributed by atoms with Gasteiger partial charge in [0.05, 0.1) is 19.8 Å². The number of benzene rings is 1. The van der Waals surface area contributed by atoms with Crippen molar-refractivity contribution in [3.8, 4) is 11.5 Å². The van der Waals surface area contributed by atoms with Gasteiger partial charge in [-0.3, -0.25) is 4.79 Å². The van der Waals surface area contributed by atoms with E-state index in [0.29, 0.717) is 17.1 Å². The minimum atomic E-state index is 0.00760. The number of pyridine rings is 1. The third-order valence-corrected chi connectivity index (χ3v) is 3.64. The SMILES string of the molecule is COc1ccc(C(=O)C[n+]2cccc(C)c2C)c(OC)c1. The number of ether oxygens (including phenoxy) is 2. The first-order valence-corrected chi connectivity index (χ1v) is 6.77. The minimum Gasteiger partial charge on any atom is -0.497 e. The highest BCUT2D eigenvalue weighted by atomic mass is 16.5. The molecule has 0 atom stereocenters. The lowest BCUT2D eigenvalue weighted by atomic mass is 10.1. The van der Waals surface area contributed by atoms with E-state index < -0.39 is 0 Å². The van der Waals surface area contributed by atoms with Crippen molar-refractivity contribution in [1.29, 1.82) is 0 Å². The van der Waals surface area contributed by atoms with Gasteiger partial charge in [0.15, 0.2) is 11.9 Å². The summed E-state index contributed by atoms with van der Waals surface area (Å²) in [7, 11) is 3.14. The fourth-order valence-corrected chi connectivity index (χ4v) is 2.19. The first-order chi connectivity index (χ1) is 10.1. The molecule has 1 heterocycles. The Kier molecular flexibility index (Phi) is 4.58. The van der Waals surface area contributed by atoms with Gasteiger partial charge in [-0.1, -0.05) is 0 Å². The predicted molar refractivity (Wildman–Crippen MR) is 80.0 cm³/mol. The van der Waals surface area contributed by atoms with E-state index in [1.165, 1.54) is 0 Å². The van der Waals surface area contributed by atoms with Crippen LogP contribution in [0, 0.1) is 13.8 Å². The Morgan fingerprint density at radius 3 is 2.57 bits per heavy atom. The second kappa shape index (κ2) is 6.39. The lowest BCUT2D eigenvalue weighted by Crippen LogP contribution is -2.41. The number of nitrogens with zero attached hydrogens (tertiary/aromatic N) is 1. The number of methoxy groups -OCH3 is 2. The fraction of sp³-hybridized carbons (Fsp3) is 0.294. The van der Waals surface area contributed by atoms with E-state index >= 15 is 0 Å². The van der Waals surface area contributed by atoms with Gasteiger partial charge in [0, 0.05) is 24.6 Å². The molecule has 4 nitrogen and oxygen atoms in total. The number of ketones is 1. The monoisotopic (exact) mass is 286 g/mol. The van der Waals surface area contributed by atoms with Crippen molar-refractivity contribution in [3.05, 3.63) is 53.3 Å². The van der Waals surface area contributed by atoms with E-state index in [-0.39, 0.29) is 12.3 Å². The largest absolute Gasteiger partial charge is 0.497 e. The Hall–Kier alpha value is -2.36. The second-order valence-corrected chi connectivity index (χ2v) is 4.89. The van der Waals surface area contributed by atoms with Crippen molar-refractivity contribution in [1.82, 2.24) is 0 Å². The zero-order valence-corrected chi connectivity index (χ0v) is 12.8. The van der Waals surface area contributed by atoms with Crippen LogP contribution in [-0.4, -0.2) is 20.0 Å². The average molecular weight is 286 g/mol. The Morgan fingerprint density at radius 1 is 1.14 bits per heavy atom. The maximum Gasteiger partial charge on any atom is 0.231 e. The maximum atomic E-state index is 12.5. The van der Waals surface area contributed by atoms with E-state index in [1.807, 2.05) is 36.7 Å². The van der Waals surface area contributed by atoms with E-state index in [1.54, 1.807) is 32.4 Å². The molecule has 0 amide bonds. The molecule has 0 aliphatic heterocycles. The standard InChI is InChI=1S/C17H20NO3/c1-12-6-5-9-18(13(12)2)11-16(19)15-8-7-14(20-3)10-17(15)21-4/h5-10H,11H2,1-4H3/q+1. The summed E-state index contributed by atoms with van der Waals surface area (Å²) in [5.41, 5.74) is 2.80. The molecule has 0 saturated carbocycles. The van der Waals surface area contributed by atoms with Gasteiger partial charge in [-0.05, 0) is 25.1 Å². The highest BCUT2D eigenvalue weighted by Crippen LogP contribution is 2.24. The molecule has 4 heteroatoms. The Bertz CT molecular complexity index is 665. The molecule has 1 aromatic heterocycles. The lowest BCUT2D eigenvalue weighted by molar-refractivity contribution is -0.689. The molecule has 0 spiro atoms. The molecule has 2 rings (SSSR count). The van der Waals surface area contributed by atoms with Crippen molar-refractivity contribution in [2.75, 3.05) is 14.2 Å². The number of hydrogen-bond acceptors (Lipinski definition) is 3. The summed E-state index contributed by atoms with van der Waals surface area (Å²) in [4.78, 5) is 12.5. The lowest BCUT2D eigenvalue weighted by Gasteiger charge is -2.09. The maximum absolute atomic E-state index is 12.5. The van der Waals surface area contributed by atoms with Gasteiger partial charge in [-0.15, -0.1) is 0 Å². The average Bonchev–Trinajstić information content (AvgIpc) is 2.51. The van der Waals surface area contributed by atoms with Crippen molar-refractivity contribution in [2.24, 2.45) is 0 Å². The Labute approximate surface area is 124 Å². The van der Waals surface area contributed by atoms with Gasteiger partial charge >= 0.3 is 0 Å². The van der Waals surface area contributed by atoms with Crippen LogP contribution >= 0.6 is 0 Å². The Balaban J connectivity index is 2.30. The number of rotatable bonds is 5. The number of hydrogen-bond donors (Lipinski definition) is 0. The molecule has 0 fully saturated rings. The summed E-state index contributed by atoms with van der Waals surface area (Å²) in [5, 5.41) is 0. The molecule has 1 aromatic carbocycles. The zero-order valence-electron chi connectivity index (χ0n) is 12.8. The second-order valence-electron chi connectivity index (χ2n) is 4.89. The summed E-state index contributed by atoms with van der Waals surface area (Å²) in [5.74, 6) is 1.21. The molecular weight excluding hydrogens is 266 g/mol. The first kappa shape index (κ1) is 15.0. The van der Waals surface area contributed by atoms with Crippen molar-refractivity contribution < 1.29 is 18.8 Å². The molecule has 0 aliphatic rings. The summed E-state index contributed by atoms with van der Waals surface area (Å²) in [6.07, 6.45) is 1.91. The molecule has 0 saturated heterocycles. The topological polar surface area (TPSA) is 39.4 Å². The highest BCUT2D eigenvalue weighted by molar-refractivity contribution is 5.98. The molecule has 110 valence electrons. The van der Waals surface area contributed by atoms with Crippen LogP contribution in [0.3, 0.4) is 0 Å². The van der Waals surface area contributed by atoms with Crippen LogP contribution in [0.4, 0.5) is 0 Å². The molecule has 0 aliphatic carbocycles. The van der Waals surface area contributed by atoms with E-state index in [2.05, 4.69) is 0 Å². The summed E-state index contributed by atoms with van der Waals surface area (Å²) >= 11 is 0. The smallest absolute Gasteiger partial charge is 0.231 e. The van der Waals surface area contributed by atoms with Gasteiger partial charge < -0.3 is 9.47 Å². The highest BCUT2D eigenvalue weighted by Gasteiger charge is 2.19. The van der Waals surface area contributed by atoms with Crippen molar-refractivity contribution >= 4 is 5.78 Å². The minimum absolute atomic E-state index is 0.00760. The third kappa shape index (κ3) is 3.21. The van der Waals surface area contributed by atoms with Gasteiger partial charge in [0.2, 0.25) is 12.3 Å². The molecule has 0 bridgehead atoms. The van der Waals surface area contributed by atoms with Crippen LogP contribution in [-0.2, 0) is 6.54 Å². The van der Waals surface area contributed by atoms with Gasteiger partial charge in [-0.25, -0.2) is 0 Å². The van der Waals surface area contributed by atoms with E-state index in [9.17, 15) is 4.79 Å². The summed E-state index contributed by atoms with van der Waals surface area (Å²) < 4.78 is 12.4. The molecule has 2 aromatic rings. The van der Waals surface area contributed by atoms with E-state index in [4.69, 9.17) is 9.47 Å². The number of aryl methyl sites for hydroxylation is 1. The molecular formula is C17H20NO3+. The Morgan fingerprint density at radius 2 is 1.90 bits per heavy atom. The van der Waals surface area contributed by atoms with Gasteiger partial charge in [0.25, 0.3) is 0 Å². The molecule has 0 unspecified atom stereocenters. The van der Waals surface area contributed by atoms with Crippen molar-refractivity contribution in [2.45, 2.75) is 20.4 Å². The summed E-state index contributed by atoms with van der Waals surface area (Å²) in [6.45, 7) is 4.33. The van der Waals surface area contributed by atoms with Crippen molar-refractivity contribution in [3.63, 3.8) is 0 Å². The number of carbonyl (C=O) groups excluding carboxylic acids is 1. The predicted octanol–water partition coefficient (Wildman–Crippen LogP) is 2.49. The zero-order chi connectivity index (χ0) is 15.4. The third-order valence-electron chi connectivity index (χ3n) is 3.64. The van der Waals surface area contributed by atoms with Gasteiger partial charge in [-0.2, -0.15) is 4.57 Å². The van der Waals surface area contributed by atoms with Crippen LogP contribution < -0.4 is 14.0 Å². The number of Topliss-reactive ketones (excluding diaryl/α,β-unsaturated/α-hetero) is 1. The molecule has 21 heavy (non-hydrogen) atoms. The first-order valence-electron chi connectivity index (χ1n) is 6.77. The molecule has 0 N–H and O–H groups in total. The molecule has 0 radical (unpaired) electrons. The van der Waals surface area contributed by atoms with Crippen LogP contribution in [0.2, 0.25) is 0 Å². The number of carbonyl (C=O) groups is 1. The number of aromatic nitrogens is 1. The van der Waals surface area contributed by atoms with Gasteiger partial charge in [0.1, 0.15) is 11.5 Å². The fourth-order valence-electron chi connectivity index (χ4n) is 2.19. The van der Waals surface area contributed by atoms with Crippen LogP contribution in [0.15, 0.2) is 36.5 Å². The normalized spacial score (nSPS) is 10.3. The van der Waals surface area contributed by atoms with Crippen LogP contribution in [0.1, 0.15) is 21.6 Å². The quantitative estimate of drug-likeness (QED) is 0.626. The van der Waals surface area contributed by atoms with Crippen LogP contribution in [0.5, 0.6) is 11.5 Å². The summed E-state index contributed by atoms with van der Waals surface area (Å²) in [6, 6.07) is 9.21. The van der Waals surface area contributed by atoms with E-state index in [0.717, 1.165) is 11.3 Å².